The van der Waals surface area contributed by atoms with Crippen molar-refractivity contribution < 1.29 is 14.3 Å². The molecule has 2 aromatic carbocycles. The van der Waals surface area contributed by atoms with E-state index in [2.05, 4.69) is 42.0 Å². The number of hydrogen-bond acceptors (Lipinski definition) is 5. The Morgan fingerprint density at radius 3 is 2.28 bits per heavy atom. The van der Waals surface area contributed by atoms with E-state index in [9.17, 15) is 4.79 Å². The molecule has 1 heterocycles. The average molecular weight is 416 g/mol. The molecule has 29 heavy (non-hydrogen) atoms. The number of benzene rings is 2. The number of urea groups is 1. The predicted octanol–water partition coefficient (Wildman–Crippen LogP) is 4.64. The number of rotatable bonds is 10. The minimum atomic E-state index is -0.629. The molecule has 0 unspecified atom stereocenters. The van der Waals surface area contributed by atoms with Crippen molar-refractivity contribution in [2.75, 3.05) is 35.5 Å². The second-order valence-electron chi connectivity index (χ2n) is 7.09. The van der Waals surface area contributed by atoms with E-state index in [1.807, 2.05) is 6.07 Å². The van der Waals surface area contributed by atoms with Crippen molar-refractivity contribution in [2.24, 2.45) is 5.73 Å². The van der Waals surface area contributed by atoms with Crippen LogP contribution in [0.2, 0.25) is 0 Å². The molecule has 0 saturated carbocycles. The largest absolute Gasteiger partial charge is 0.494 e. The minimum Gasteiger partial charge on any atom is -0.494 e. The summed E-state index contributed by atoms with van der Waals surface area (Å²) in [6, 6.07) is 14.9. The maximum atomic E-state index is 11.2. The van der Waals surface area contributed by atoms with Gasteiger partial charge in [0.1, 0.15) is 11.5 Å². The van der Waals surface area contributed by atoms with Gasteiger partial charge in [0.05, 0.1) is 18.9 Å². The molecule has 156 valence electrons. The number of thiol groups is 1. The first-order valence-electron chi connectivity index (χ1n) is 10.1. The van der Waals surface area contributed by atoms with Gasteiger partial charge in [-0.25, -0.2) is 9.10 Å². The molecule has 2 amide bonds. The summed E-state index contributed by atoms with van der Waals surface area (Å²) in [7, 11) is 0. The van der Waals surface area contributed by atoms with Crippen LogP contribution in [0, 0.1) is 0 Å². The van der Waals surface area contributed by atoms with E-state index in [4.69, 9.17) is 15.2 Å². The van der Waals surface area contributed by atoms with Crippen LogP contribution in [0.4, 0.5) is 16.2 Å². The van der Waals surface area contributed by atoms with Crippen LogP contribution in [-0.2, 0) is 0 Å². The Bertz CT molecular complexity index is 779. The molecule has 0 atom stereocenters. The van der Waals surface area contributed by atoms with Crippen LogP contribution < -0.4 is 24.4 Å². The van der Waals surface area contributed by atoms with Crippen molar-refractivity contribution in [3.8, 4) is 11.5 Å². The summed E-state index contributed by atoms with van der Waals surface area (Å²) in [4.78, 5) is 13.6. The lowest BCUT2D eigenvalue weighted by molar-refractivity contribution is 0.257. The van der Waals surface area contributed by atoms with Gasteiger partial charge in [0.15, 0.2) is 0 Å². The fraction of sp³-hybridized carbons (Fsp3) is 0.409. The fourth-order valence-electron chi connectivity index (χ4n) is 3.32. The van der Waals surface area contributed by atoms with Crippen LogP contribution in [0.5, 0.6) is 11.5 Å². The molecule has 0 aromatic heterocycles. The zero-order chi connectivity index (χ0) is 20.5. The Kier molecular flexibility index (Phi) is 7.93. The maximum absolute atomic E-state index is 11.2. The molecule has 2 N–H and O–H groups in total. The number of primary amides is 1. The molecule has 2 aromatic rings. The summed E-state index contributed by atoms with van der Waals surface area (Å²) < 4.78 is 12.7. The number of hydrogen-bond donors (Lipinski definition) is 2. The number of carbonyl (C=O) groups is 1. The van der Waals surface area contributed by atoms with Gasteiger partial charge in [-0.1, -0.05) is 18.9 Å². The summed E-state index contributed by atoms with van der Waals surface area (Å²) in [6.07, 6.45) is 5.50. The quantitative estimate of drug-likeness (QED) is 0.438. The van der Waals surface area contributed by atoms with E-state index in [0.717, 1.165) is 42.4 Å². The molecule has 1 aliphatic rings. The third kappa shape index (κ3) is 6.49. The van der Waals surface area contributed by atoms with E-state index >= 15 is 0 Å². The number of nitrogens with two attached hydrogens (primary N) is 1. The maximum Gasteiger partial charge on any atom is 0.329 e. The van der Waals surface area contributed by atoms with Crippen molar-refractivity contribution >= 4 is 30.2 Å². The van der Waals surface area contributed by atoms with Gasteiger partial charge in [-0.05, 0) is 68.5 Å². The van der Waals surface area contributed by atoms with Crippen LogP contribution in [0.25, 0.3) is 0 Å². The third-order valence-corrected chi connectivity index (χ3v) is 5.33. The Hall–Kier alpha value is -2.54. The number of carbonyl (C=O) groups excluding carboxylic acids is 1. The standard InChI is InChI=1S/C22H29N3O3S/c23-22(26)25(29)19-7-6-8-21(17-19)28-16-5-1-4-15-27-20-11-9-18(10-12-20)24-13-2-3-14-24/h6-12,17,29H,1-5,13-16H2,(H2,23,26). The topological polar surface area (TPSA) is 68.0 Å². The molecule has 0 bridgehead atoms. The second kappa shape index (κ2) is 10.9. The summed E-state index contributed by atoms with van der Waals surface area (Å²) in [5.41, 5.74) is 7.09. The summed E-state index contributed by atoms with van der Waals surface area (Å²) in [6.45, 7) is 3.62. The van der Waals surface area contributed by atoms with Crippen molar-refractivity contribution in [1.29, 1.82) is 0 Å². The highest BCUT2D eigenvalue weighted by Gasteiger charge is 2.12. The molecule has 3 rings (SSSR count). The van der Waals surface area contributed by atoms with Gasteiger partial charge < -0.3 is 20.1 Å². The van der Waals surface area contributed by atoms with Gasteiger partial charge in [-0.3, -0.25) is 0 Å². The molecular weight excluding hydrogens is 386 g/mol. The monoisotopic (exact) mass is 415 g/mol. The Balaban J connectivity index is 1.29. The molecule has 0 radical (unpaired) electrons. The molecule has 0 aliphatic carbocycles. The van der Waals surface area contributed by atoms with E-state index in [1.165, 1.54) is 18.5 Å². The van der Waals surface area contributed by atoms with E-state index in [-0.39, 0.29) is 0 Å². The smallest absolute Gasteiger partial charge is 0.329 e. The Morgan fingerprint density at radius 2 is 1.62 bits per heavy atom. The second-order valence-corrected chi connectivity index (χ2v) is 7.49. The van der Waals surface area contributed by atoms with Crippen LogP contribution in [-0.4, -0.2) is 32.3 Å². The first-order valence-corrected chi connectivity index (χ1v) is 10.5. The highest BCUT2D eigenvalue weighted by atomic mass is 32.1. The number of unbranched alkanes of at least 4 members (excludes halogenated alkanes) is 2. The Labute approximate surface area is 178 Å². The summed E-state index contributed by atoms with van der Waals surface area (Å²) >= 11 is 4.05. The molecule has 1 saturated heterocycles. The molecule has 7 heteroatoms. The van der Waals surface area contributed by atoms with E-state index in [0.29, 0.717) is 24.7 Å². The lowest BCUT2D eigenvalue weighted by Gasteiger charge is -2.17. The number of ether oxygens (including phenoxy) is 2. The van der Waals surface area contributed by atoms with Gasteiger partial charge in [-0.2, -0.15) is 0 Å². The number of amides is 2. The molecule has 1 fully saturated rings. The lowest BCUT2D eigenvalue weighted by atomic mass is 10.2. The van der Waals surface area contributed by atoms with Crippen molar-refractivity contribution in [2.45, 2.75) is 32.1 Å². The van der Waals surface area contributed by atoms with Crippen LogP contribution in [0.15, 0.2) is 48.5 Å². The van der Waals surface area contributed by atoms with Gasteiger partial charge >= 0.3 is 6.03 Å². The van der Waals surface area contributed by atoms with Crippen molar-refractivity contribution in [3.63, 3.8) is 0 Å². The molecule has 6 nitrogen and oxygen atoms in total. The Morgan fingerprint density at radius 1 is 0.966 bits per heavy atom. The zero-order valence-corrected chi connectivity index (χ0v) is 17.5. The highest BCUT2D eigenvalue weighted by molar-refractivity contribution is 7.82. The lowest BCUT2D eigenvalue weighted by Crippen LogP contribution is -2.27. The first kappa shape index (κ1) is 21.2. The molecule has 1 aliphatic heterocycles. The fourth-order valence-corrected chi connectivity index (χ4v) is 3.45. The summed E-state index contributed by atoms with van der Waals surface area (Å²) in [5, 5.41) is 0. The zero-order valence-electron chi connectivity index (χ0n) is 16.6. The van der Waals surface area contributed by atoms with Gasteiger partial charge in [0.2, 0.25) is 0 Å². The van der Waals surface area contributed by atoms with E-state index < -0.39 is 6.03 Å². The van der Waals surface area contributed by atoms with Crippen molar-refractivity contribution in [1.82, 2.24) is 0 Å². The van der Waals surface area contributed by atoms with Crippen LogP contribution in [0.3, 0.4) is 0 Å². The highest BCUT2D eigenvalue weighted by Crippen LogP contribution is 2.24. The third-order valence-electron chi connectivity index (χ3n) is 4.91. The van der Waals surface area contributed by atoms with E-state index in [1.54, 1.807) is 18.2 Å². The van der Waals surface area contributed by atoms with Crippen molar-refractivity contribution in [3.05, 3.63) is 48.5 Å². The van der Waals surface area contributed by atoms with Gasteiger partial charge in [0.25, 0.3) is 0 Å². The average Bonchev–Trinajstić information content (AvgIpc) is 3.28. The van der Waals surface area contributed by atoms with Crippen LogP contribution in [0.1, 0.15) is 32.1 Å². The predicted molar refractivity (Wildman–Crippen MR) is 120 cm³/mol. The SMILES string of the molecule is NC(=O)N(S)c1cccc(OCCCCCOc2ccc(N3CCCC3)cc2)c1. The first-order chi connectivity index (χ1) is 14.1. The number of nitrogens with zero attached hydrogens (tertiary/aromatic N) is 2. The van der Waals surface area contributed by atoms with Gasteiger partial charge in [-0.15, -0.1) is 0 Å². The molecule has 0 spiro atoms. The summed E-state index contributed by atoms with van der Waals surface area (Å²) in [5.74, 6) is 1.61. The minimum absolute atomic E-state index is 0.586. The van der Waals surface area contributed by atoms with Gasteiger partial charge in [0, 0.05) is 24.8 Å². The normalized spacial score (nSPS) is 13.3. The van der Waals surface area contributed by atoms with Crippen LogP contribution >= 0.6 is 12.8 Å². The number of anilines is 2. The molecular formula is C22H29N3O3S.